The van der Waals surface area contributed by atoms with E-state index in [-0.39, 0.29) is 16.9 Å². The highest BCUT2D eigenvalue weighted by Crippen LogP contribution is 2.22. The Balaban J connectivity index is 2.67. The maximum Gasteiger partial charge on any atom is 0.154 e. The quantitative estimate of drug-likeness (QED) is 0.816. The number of sulfone groups is 1. The summed E-state index contributed by atoms with van der Waals surface area (Å²) in [5.74, 6) is 0.354. The van der Waals surface area contributed by atoms with Crippen LogP contribution in [-0.2, 0) is 21.0 Å². The van der Waals surface area contributed by atoms with Crippen molar-refractivity contribution in [2.75, 3.05) is 12.3 Å². The second-order valence-electron chi connectivity index (χ2n) is 6.03. The molecule has 0 fully saturated rings. The van der Waals surface area contributed by atoms with Crippen LogP contribution in [0.5, 0.6) is 0 Å². The van der Waals surface area contributed by atoms with E-state index in [1.54, 1.807) is 0 Å². The molecule has 0 saturated heterocycles. The average molecular weight is 283 g/mol. The average Bonchev–Trinajstić information content (AvgIpc) is 2.28. The Morgan fingerprint density at radius 1 is 1.05 bits per heavy atom. The largest absolute Gasteiger partial charge is 0.330 e. The number of hydrogen-bond acceptors (Lipinski definition) is 3. The predicted octanol–water partition coefficient (Wildman–Crippen LogP) is 2.64. The predicted molar refractivity (Wildman–Crippen MR) is 80.9 cm³/mol. The van der Waals surface area contributed by atoms with Crippen molar-refractivity contribution in [1.29, 1.82) is 0 Å². The van der Waals surface area contributed by atoms with E-state index in [1.807, 2.05) is 24.3 Å². The molecule has 0 radical (unpaired) electrons. The lowest BCUT2D eigenvalue weighted by molar-refractivity contribution is 0.589. The number of rotatable bonds is 6. The van der Waals surface area contributed by atoms with Gasteiger partial charge in [0.2, 0.25) is 0 Å². The van der Waals surface area contributed by atoms with Crippen LogP contribution in [0.3, 0.4) is 0 Å². The smallest absolute Gasteiger partial charge is 0.154 e. The van der Waals surface area contributed by atoms with E-state index in [4.69, 9.17) is 5.73 Å². The van der Waals surface area contributed by atoms with Gasteiger partial charge >= 0.3 is 0 Å². The summed E-state index contributed by atoms with van der Waals surface area (Å²) >= 11 is 0. The summed E-state index contributed by atoms with van der Waals surface area (Å²) in [7, 11) is -3.01. The number of benzene rings is 1. The minimum absolute atomic E-state index is 0.0958. The summed E-state index contributed by atoms with van der Waals surface area (Å²) in [6.07, 6.45) is 1.42. The minimum Gasteiger partial charge on any atom is -0.330 e. The summed E-state index contributed by atoms with van der Waals surface area (Å²) in [4.78, 5) is 0. The first-order valence-corrected chi connectivity index (χ1v) is 8.57. The maximum absolute atomic E-state index is 11.9. The van der Waals surface area contributed by atoms with Gasteiger partial charge in [-0.25, -0.2) is 8.42 Å². The number of nitrogens with two attached hydrogens (primary N) is 1. The molecule has 0 unspecified atom stereocenters. The Morgan fingerprint density at radius 3 is 2.11 bits per heavy atom. The molecule has 1 rings (SSSR count). The SMILES string of the molecule is CC(C)(C)c1ccc(CS(=O)(=O)CCCCN)cc1. The van der Waals surface area contributed by atoms with Gasteiger partial charge in [-0.15, -0.1) is 0 Å². The van der Waals surface area contributed by atoms with Crippen molar-refractivity contribution >= 4 is 9.84 Å². The zero-order chi connectivity index (χ0) is 14.5. The third-order valence-electron chi connectivity index (χ3n) is 3.12. The van der Waals surface area contributed by atoms with Crippen LogP contribution in [0, 0.1) is 0 Å². The van der Waals surface area contributed by atoms with E-state index in [0.717, 1.165) is 12.0 Å². The molecule has 0 heterocycles. The van der Waals surface area contributed by atoms with Gasteiger partial charge in [0.05, 0.1) is 11.5 Å². The Morgan fingerprint density at radius 2 is 1.63 bits per heavy atom. The van der Waals surface area contributed by atoms with Gasteiger partial charge in [0, 0.05) is 0 Å². The van der Waals surface area contributed by atoms with Crippen LogP contribution in [0.1, 0.15) is 44.7 Å². The van der Waals surface area contributed by atoms with Crippen LogP contribution in [0.25, 0.3) is 0 Å². The second kappa shape index (κ2) is 6.53. The van der Waals surface area contributed by atoms with Gasteiger partial charge in [-0.2, -0.15) is 0 Å². The van der Waals surface area contributed by atoms with Crippen LogP contribution >= 0.6 is 0 Å². The first-order valence-electron chi connectivity index (χ1n) is 6.74. The Kier molecular flexibility index (Phi) is 5.56. The van der Waals surface area contributed by atoms with Crippen molar-refractivity contribution in [2.24, 2.45) is 5.73 Å². The van der Waals surface area contributed by atoms with Gasteiger partial charge in [0.25, 0.3) is 0 Å². The lowest BCUT2D eigenvalue weighted by atomic mass is 9.87. The van der Waals surface area contributed by atoms with Gasteiger partial charge in [-0.3, -0.25) is 0 Å². The topological polar surface area (TPSA) is 60.2 Å². The molecule has 0 bridgehead atoms. The molecule has 0 aliphatic carbocycles. The fourth-order valence-electron chi connectivity index (χ4n) is 1.89. The van der Waals surface area contributed by atoms with Crippen molar-refractivity contribution in [1.82, 2.24) is 0 Å². The highest BCUT2D eigenvalue weighted by molar-refractivity contribution is 7.90. The van der Waals surface area contributed by atoms with Crippen LogP contribution in [-0.4, -0.2) is 20.7 Å². The molecule has 2 N–H and O–H groups in total. The normalized spacial score (nSPS) is 12.6. The Labute approximate surface area is 117 Å². The van der Waals surface area contributed by atoms with E-state index in [2.05, 4.69) is 20.8 Å². The molecule has 0 saturated carbocycles. The van der Waals surface area contributed by atoms with E-state index in [1.165, 1.54) is 5.56 Å². The number of hydrogen-bond donors (Lipinski definition) is 1. The monoisotopic (exact) mass is 283 g/mol. The standard InChI is InChI=1S/C15H25NO2S/c1-15(2,3)14-8-6-13(7-9-14)12-19(17,18)11-5-4-10-16/h6-9H,4-5,10-12,16H2,1-3H3. The van der Waals surface area contributed by atoms with Crippen LogP contribution in [0.15, 0.2) is 24.3 Å². The number of unbranched alkanes of at least 4 members (excludes halogenated alkanes) is 1. The molecule has 1 aromatic carbocycles. The lowest BCUT2D eigenvalue weighted by Gasteiger charge is -2.19. The maximum atomic E-state index is 11.9. The van der Waals surface area contributed by atoms with Gasteiger partial charge in [0.15, 0.2) is 9.84 Å². The van der Waals surface area contributed by atoms with Crippen molar-refractivity contribution in [3.05, 3.63) is 35.4 Å². The van der Waals surface area contributed by atoms with Gasteiger partial charge in [0.1, 0.15) is 0 Å². The summed E-state index contributed by atoms with van der Waals surface area (Å²) in [5.41, 5.74) is 7.55. The van der Waals surface area contributed by atoms with E-state index < -0.39 is 9.84 Å². The Hall–Kier alpha value is -0.870. The molecule has 3 nitrogen and oxygen atoms in total. The summed E-state index contributed by atoms with van der Waals surface area (Å²) in [5, 5.41) is 0. The van der Waals surface area contributed by atoms with Crippen LogP contribution in [0.2, 0.25) is 0 Å². The van der Waals surface area contributed by atoms with Gasteiger partial charge in [-0.05, 0) is 35.9 Å². The van der Waals surface area contributed by atoms with E-state index in [9.17, 15) is 8.42 Å². The zero-order valence-electron chi connectivity index (χ0n) is 12.1. The molecule has 0 atom stereocenters. The van der Waals surface area contributed by atoms with E-state index in [0.29, 0.717) is 13.0 Å². The summed E-state index contributed by atoms with van der Waals surface area (Å²) in [6.45, 7) is 6.98. The van der Waals surface area contributed by atoms with Gasteiger partial charge < -0.3 is 5.73 Å². The van der Waals surface area contributed by atoms with Crippen molar-refractivity contribution in [2.45, 2.75) is 44.8 Å². The van der Waals surface area contributed by atoms with E-state index >= 15 is 0 Å². The summed E-state index contributed by atoms with van der Waals surface area (Å²) in [6, 6.07) is 7.87. The molecular formula is C15H25NO2S. The van der Waals surface area contributed by atoms with Crippen LogP contribution in [0.4, 0.5) is 0 Å². The molecule has 0 aromatic heterocycles. The molecule has 19 heavy (non-hydrogen) atoms. The van der Waals surface area contributed by atoms with Crippen molar-refractivity contribution < 1.29 is 8.42 Å². The fraction of sp³-hybridized carbons (Fsp3) is 0.600. The fourth-order valence-corrected chi connectivity index (χ4v) is 3.38. The molecular weight excluding hydrogens is 258 g/mol. The molecule has 0 aliphatic heterocycles. The molecule has 108 valence electrons. The first kappa shape index (κ1) is 16.2. The molecule has 0 aliphatic rings. The first-order chi connectivity index (χ1) is 8.74. The molecule has 0 amide bonds. The lowest BCUT2D eigenvalue weighted by Crippen LogP contribution is -2.13. The third kappa shape index (κ3) is 5.74. The minimum atomic E-state index is -3.01. The van der Waals surface area contributed by atoms with Crippen molar-refractivity contribution in [3.63, 3.8) is 0 Å². The highest BCUT2D eigenvalue weighted by Gasteiger charge is 2.15. The molecule has 1 aromatic rings. The molecule has 4 heteroatoms. The van der Waals surface area contributed by atoms with Crippen molar-refractivity contribution in [3.8, 4) is 0 Å². The summed E-state index contributed by atoms with van der Waals surface area (Å²) < 4.78 is 23.8. The van der Waals surface area contributed by atoms with Gasteiger partial charge in [-0.1, -0.05) is 45.0 Å². The molecule has 0 spiro atoms. The highest BCUT2D eigenvalue weighted by atomic mass is 32.2. The Bertz CT molecular complexity index is 484. The third-order valence-corrected chi connectivity index (χ3v) is 4.80. The zero-order valence-corrected chi connectivity index (χ0v) is 13.0. The van der Waals surface area contributed by atoms with Crippen LogP contribution < -0.4 is 5.73 Å². The second-order valence-corrected chi connectivity index (χ2v) is 8.22.